The minimum absolute atomic E-state index is 0.0605. The standard InChI is InChI=1S/C24H24N2O5/c1-16-4-6-18(7-5-16)15-25-24(27)17(2)31-23-13-10-20(26(28)29)14-22(23)19-8-11-21(30-3)12-9-19/h4-14,17H,15H2,1-3H3,(H,25,27)/t17-/m0/s1. The van der Waals surface area contributed by atoms with Crippen molar-refractivity contribution in [3.8, 4) is 22.6 Å². The van der Waals surface area contributed by atoms with Crippen LogP contribution in [0.15, 0.2) is 66.7 Å². The number of rotatable bonds is 8. The Morgan fingerprint density at radius 2 is 1.74 bits per heavy atom. The van der Waals surface area contributed by atoms with E-state index in [9.17, 15) is 14.9 Å². The van der Waals surface area contributed by atoms with Crippen LogP contribution in [0.3, 0.4) is 0 Å². The molecule has 3 aromatic rings. The first-order valence-corrected chi connectivity index (χ1v) is 9.80. The van der Waals surface area contributed by atoms with Crippen molar-refractivity contribution in [2.24, 2.45) is 0 Å². The first-order chi connectivity index (χ1) is 14.9. The fourth-order valence-electron chi connectivity index (χ4n) is 3.01. The normalized spacial score (nSPS) is 11.5. The summed E-state index contributed by atoms with van der Waals surface area (Å²) in [5, 5.41) is 14.1. The Balaban J connectivity index is 1.77. The lowest BCUT2D eigenvalue weighted by molar-refractivity contribution is -0.384. The van der Waals surface area contributed by atoms with Crippen molar-refractivity contribution < 1.29 is 19.2 Å². The molecule has 3 rings (SSSR count). The zero-order valence-corrected chi connectivity index (χ0v) is 17.6. The first kappa shape index (κ1) is 21.8. The highest BCUT2D eigenvalue weighted by Crippen LogP contribution is 2.35. The topological polar surface area (TPSA) is 90.7 Å². The maximum atomic E-state index is 12.5. The number of non-ortho nitro benzene ring substituents is 1. The molecular weight excluding hydrogens is 396 g/mol. The molecule has 0 saturated heterocycles. The van der Waals surface area contributed by atoms with Crippen LogP contribution < -0.4 is 14.8 Å². The van der Waals surface area contributed by atoms with Gasteiger partial charge >= 0.3 is 0 Å². The summed E-state index contributed by atoms with van der Waals surface area (Å²) < 4.78 is 11.1. The molecule has 0 fully saturated rings. The number of hydrogen-bond acceptors (Lipinski definition) is 5. The number of benzene rings is 3. The molecule has 1 atom stereocenters. The molecule has 0 aliphatic rings. The summed E-state index contributed by atoms with van der Waals surface area (Å²) in [7, 11) is 1.56. The SMILES string of the molecule is COc1ccc(-c2cc([N+](=O)[O-])ccc2O[C@@H](C)C(=O)NCc2ccc(C)cc2)cc1. The van der Waals surface area contributed by atoms with Gasteiger partial charge < -0.3 is 14.8 Å². The van der Waals surface area contributed by atoms with Gasteiger partial charge in [0.2, 0.25) is 0 Å². The fourth-order valence-corrected chi connectivity index (χ4v) is 3.01. The molecule has 0 aliphatic heterocycles. The minimum atomic E-state index is -0.788. The molecule has 0 heterocycles. The Hall–Kier alpha value is -3.87. The van der Waals surface area contributed by atoms with Gasteiger partial charge in [0, 0.05) is 24.2 Å². The van der Waals surface area contributed by atoms with Gasteiger partial charge in [-0.3, -0.25) is 14.9 Å². The van der Waals surface area contributed by atoms with E-state index < -0.39 is 11.0 Å². The fraction of sp³-hybridized carbons (Fsp3) is 0.208. The molecule has 3 aromatic carbocycles. The van der Waals surface area contributed by atoms with Crippen LogP contribution in [-0.2, 0) is 11.3 Å². The van der Waals surface area contributed by atoms with Crippen molar-refractivity contribution in [1.82, 2.24) is 5.32 Å². The number of aryl methyl sites for hydroxylation is 1. The van der Waals surface area contributed by atoms with Crippen molar-refractivity contribution in [2.75, 3.05) is 7.11 Å². The predicted molar refractivity (Wildman–Crippen MR) is 118 cm³/mol. The molecule has 1 N–H and O–H groups in total. The Labute approximate surface area is 180 Å². The summed E-state index contributed by atoms with van der Waals surface area (Å²) in [6.45, 7) is 4.03. The monoisotopic (exact) mass is 420 g/mol. The third kappa shape index (κ3) is 5.60. The third-order valence-electron chi connectivity index (χ3n) is 4.84. The van der Waals surface area contributed by atoms with Crippen LogP contribution in [0.1, 0.15) is 18.1 Å². The minimum Gasteiger partial charge on any atom is -0.497 e. The van der Waals surface area contributed by atoms with Crippen LogP contribution in [0.4, 0.5) is 5.69 Å². The van der Waals surface area contributed by atoms with Gasteiger partial charge in [-0.05, 0) is 43.2 Å². The Morgan fingerprint density at radius 3 is 2.35 bits per heavy atom. The van der Waals surface area contributed by atoms with Gasteiger partial charge in [-0.2, -0.15) is 0 Å². The van der Waals surface area contributed by atoms with Gasteiger partial charge in [0.25, 0.3) is 11.6 Å². The lowest BCUT2D eigenvalue weighted by Crippen LogP contribution is -2.36. The van der Waals surface area contributed by atoms with E-state index in [4.69, 9.17) is 9.47 Å². The lowest BCUT2D eigenvalue weighted by atomic mass is 10.0. The molecular formula is C24H24N2O5. The van der Waals surface area contributed by atoms with Crippen LogP contribution in [0, 0.1) is 17.0 Å². The van der Waals surface area contributed by atoms with E-state index in [1.807, 2.05) is 31.2 Å². The second kappa shape index (κ2) is 9.75. The Bertz CT molecular complexity index is 1060. The summed E-state index contributed by atoms with van der Waals surface area (Å²) in [5.41, 5.74) is 3.31. The molecule has 1 amide bonds. The van der Waals surface area contributed by atoms with Gasteiger partial charge in [0.15, 0.2) is 6.10 Å². The van der Waals surface area contributed by atoms with E-state index >= 15 is 0 Å². The maximum absolute atomic E-state index is 12.5. The van der Waals surface area contributed by atoms with E-state index in [2.05, 4.69) is 5.32 Å². The number of nitrogens with one attached hydrogen (secondary N) is 1. The summed E-state index contributed by atoms with van der Waals surface area (Å²) >= 11 is 0. The van der Waals surface area contributed by atoms with E-state index in [1.165, 1.54) is 18.2 Å². The van der Waals surface area contributed by atoms with Gasteiger partial charge in [-0.1, -0.05) is 42.0 Å². The number of nitro groups is 1. The van der Waals surface area contributed by atoms with Crippen LogP contribution in [0.5, 0.6) is 11.5 Å². The van der Waals surface area contributed by atoms with Crippen molar-refractivity contribution in [2.45, 2.75) is 26.5 Å². The molecule has 0 unspecified atom stereocenters. The second-order valence-corrected chi connectivity index (χ2v) is 7.13. The molecule has 7 nitrogen and oxygen atoms in total. The van der Waals surface area contributed by atoms with E-state index in [1.54, 1.807) is 38.3 Å². The van der Waals surface area contributed by atoms with Crippen LogP contribution in [-0.4, -0.2) is 24.0 Å². The first-order valence-electron chi connectivity index (χ1n) is 9.80. The summed E-state index contributed by atoms with van der Waals surface area (Å²) in [5.74, 6) is 0.772. The Kier molecular flexibility index (Phi) is 6.87. The van der Waals surface area contributed by atoms with Crippen molar-refractivity contribution in [3.05, 3.63) is 88.0 Å². The van der Waals surface area contributed by atoms with Gasteiger partial charge in [0.05, 0.1) is 12.0 Å². The molecule has 0 spiro atoms. The van der Waals surface area contributed by atoms with Crippen molar-refractivity contribution in [1.29, 1.82) is 0 Å². The molecule has 0 saturated carbocycles. The van der Waals surface area contributed by atoms with E-state index in [-0.39, 0.29) is 11.6 Å². The third-order valence-corrected chi connectivity index (χ3v) is 4.84. The number of nitrogens with zero attached hydrogens (tertiary/aromatic N) is 1. The number of nitro benzene ring substituents is 1. The molecule has 160 valence electrons. The average Bonchev–Trinajstić information content (AvgIpc) is 2.78. The van der Waals surface area contributed by atoms with Gasteiger partial charge in [0.1, 0.15) is 11.5 Å². The van der Waals surface area contributed by atoms with E-state index in [0.717, 1.165) is 11.1 Å². The number of amides is 1. The van der Waals surface area contributed by atoms with Gasteiger partial charge in [-0.25, -0.2) is 0 Å². The quantitative estimate of drug-likeness (QED) is 0.423. The predicted octanol–water partition coefficient (Wildman–Crippen LogP) is 4.66. The number of carbonyl (C=O) groups excluding carboxylic acids is 1. The Morgan fingerprint density at radius 1 is 1.06 bits per heavy atom. The van der Waals surface area contributed by atoms with Crippen LogP contribution >= 0.6 is 0 Å². The number of carbonyl (C=O) groups is 1. The summed E-state index contributed by atoms with van der Waals surface area (Å²) in [6, 6.07) is 19.3. The molecule has 7 heteroatoms. The molecule has 0 radical (unpaired) electrons. The lowest BCUT2D eigenvalue weighted by Gasteiger charge is -2.17. The average molecular weight is 420 g/mol. The van der Waals surface area contributed by atoms with Crippen LogP contribution in [0.25, 0.3) is 11.1 Å². The number of ether oxygens (including phenoxy) is 2. The highest BCUT2D eigenvalue weighted by molar-refractivity contribution is 5.81. The van der Waals surface area contributed by atoms with Crippen molar-refractivity contribution in [3.63, 3.8) is 0 Å². The van der Waals surface area contributed by atoms with Crippen LogP contribution in [0.2, 0.25) is 0 Å². The molecule has 0 aliphatic carbocycles. The maximum Gasteiger partial charge on any atom is 0.270 e. The zero-order valence-electron chi connectivity index (χ0n) is 17.6. The summed E-state index contributed by atoms with van der Waals surface area (Å²) in [6.07, 6.45) is -0.788. The molecule has 0 aromatic heterocycles. The van der Waals surface area contributed by atoms with Crippen molar-refractivity contribution >= 4 is 11.6 Å². The van der Waals surface area contributed by atoms with Gasteiger partial charge in [-0.15, -0.1) is 0 Å². The smallest absolute Gasteiger partial charge is 0.270 e. The highest BCUT2D eigenvalue weighted by atomic mass is 16.6. The zero-order chi connectivity index (χ0) is 22.4. The van der Waals surface area contributed by atoms with E-state index in [0.29, 0.717) is 29.2 Å². The second-order valence-electron chi connectivity index (χ2n) is 7.13. The molecule has 31 heavy (non-hydrogen) atoms. The highest BCUT2D eigenvalue weighted by Gasteiger charge is 2.19. The summed E-state index contributed by atoms with van der Waals surface area (Å²) in [4.78, 5) is 23.3. The number of methoxy groups -OCH3 is 1. The molecule has 0 bridgehead atoms. The largest absolute Gasteiger partial charge is 0.497 e. The number of hydrogen-bond donors (Lipinski definition) is 1.